The number of ether oxygens (including phenoxy) is 1. The van der Waals surface area contributed by atoms with Crippen LogP contribution in [0.2, 0.25) is 0 Å². The predicted molar refractivity (Wildman–Crippen MR) is 57.3 cm³/mol. The van der Waals surface area contributed by atoms with Crippen molar-refractivity contribution in [1.82, 2.24) is 0 Å². The quantitative estimate of drug-likeness (QED) is 0.743. The molecule has 2 rings (SSSR count). The number of hydrogen-bond donors (Lipinski definition) is 0. The Morgan fingerprint density at radius 1 is 0.938 bits per heavy atom. The average Bonchev–Trinajstić information content (AvgIpc) is 2.25. The number of para-hydroxylation sites is 1. The largest absolute Gasteiger partial charge is 0.451 e. The number of hydrogen-bond acceptors (Lipinski definition) is 1. The van der Waals surface area contributed by atoms with E-state index >= 15 is 0 Å². The third-order valence-corrected chi connectivity index (χ3v) is 2.02. The minimum Gasteiger partial charge on any atom is -0.451 e. The minimum absolute atomic E-state index is 0.274. The van der Waals surface area contributed by atoms with E-state index in [4.69, 9.17) is 4.74 Å². The van der Waals surface area contributed by atoms with Gasteiger partial charge in [-0.15, -0.1) is 0 Å². The molecule has 81 valence electrons. The maximum Gasteiger partial charge on any atom is 0.198 e. The van der Waals surface area contributed by atoms with Crippen LogP contribution >= 0.6 is 0 Å². The fourth-order valence-corrected chi connectivity index (χ4v) is 1.32. The van der Waals surface area contributed by atoms with Crippen molar-refractivity contribution in [3.8, 4) is 11.5 Å². The second kappa shape index (κ2) is 4.31. The van der Waals surface area contributed by atoms with E-state index < -0.39 is 17.4 Å². The first-order valence-electron chi connectivity index (χ1n) is 4.71. The van der Waals surface area contributed by atoms with E-state index in [1.807, 2.05) is 0 Å². The third kappa shape index (κ3) is 2.19. The Hall–Kier alpha value is -1.90. The fraction of sp³-hybridized carbons (Fsp3) is 0. The first-order chi connectivity index (χ1) is 7.66. The van der Waals surface area contributed by atoms with Crippen molar-refractivity contribution in [3.05, 3.63) is 66.6 Å². The lowest BCUT2D eigenvalue weighted by molar-refractivity contribution is 0.407. The van der Waals surface area contributed by atoms with E-state index in [1.54, 1.807) is 30.3 Å². The van der Waals surface area contributed by atoms with Gasteiger partial charge in [0.05, 0.1) is 0 Å². The highest BCUT2D eigenvalue weighted by Crippen LogP contribution is 2.28. The molecular formula is C13H9F2O. The molecule has 0 unspecified atom stereocenters. The topological polar surface area (TPSA) is 9.23 Å². The maximum atomic E-state index is 13.4. The smallest absolute Gasteiger partial charge is 0.198 e. The van der Waals surface area contributed by atoms with Gasteiger partial charge in [-0.25, -0.2) is 8.78 Å². The highest BCUT2D eigenvalue weighted by Gasteiger charge is 2.12. The molecule has 0 saturated heterocycles. The van der Waals surface area contributed by atoms with Crippen molar-refractivity contribution in [2.75, 3.05) is 0 Å². The van der Waals surface area contributed by atoms with Gasteiger partial charge < -0.3 is 4.74 Å². The Morgan fingerprint density at radius 3 is 2.06 bits per heavy atom. The van der Waals surface area contributed by atoms with E-state index in [-0.39, 0.29) is 5.56 Å². The van der Waals surface area contributed by atoms with Crippen molar-refractivity contribution in [1.29, 1.82) is 0 Å². The first-order valence-corrected chi connectivity index (χ1v) is 4.71. The van der Waals surface area contributed by atoms with Crippen molar-refractivity contribution in [2.45, 2.75) is 0 Å². The molecule has 1 radical (unpaired) electrons. The molecule has 0 saturated carbocycles. The third-order valence-electron chi connectivity index (χ3n) is 2.02. The van der Waals surface area contributed by atoms with Gasteiger partial charge in [-0.3, -0.25) is 0 Å². The van der Waals surface area contributed by atoms with Crippen LogP contribution in [0.1, 0.15) is 5.56 Å². The van der Waals surface area contributed by atoms with Crippen LogP contribution in [-0.2, 0) is 0 Å². The van der Waals surface area contributed by atoms with Crippen LogP contribution in [-0.4, -0.2) is 0 Å². The van der Waals surface area contributed by atoms with Crippen LogP contribution in [0.15, 0.2) is 42.5 Å². The number of rotatable bonds is 2. The van der Waals surface area contributed by atoms with Crippen molar-refractivity contribution in [2.24, 2.45) is 0 Å². The van der Waals surface area contributed by atoms with Crippen molar-refractivity contribution in [3.63, 3.8) is 0 Å². The van der Waals surface area contributed by atoms with Gasteiger partial charge in [-0.1, -0.05) is 18.2 Å². The molecule has 0 amide bonds. The summed E-state index contributed by atoms with van der Waals surface area (Å²) in [4.78, 5) is 0. The Labute approximate surface area is 92.3 Å². The van der Waals surface area contributed by atoms with Gasteiger partial charge in [0, 0.05) is 0 Å². The van der Waals surface area contributed by atoms with Crippen LogP contribution in [0, 0.1) is 18.6 Å². The molecule has 0 bridgehead atoms. The van der Waals surface area contributed by atoms with Gasteiger partial charge in [0.15, 0.2) is 17.4 Å². The van der Waals surface area contributed by atoms with E-state index in [1.165, 1.54) is 0 Å². The molecule has 3 heteroatoms. The molecule has 0 aromatic heterocycles. The van der Waals surface area contributed by atoms with Gasteiger partial charge in [0.1, 0.15) is 5.75 Å². The lowest BCUT2D eigenvalue weighted by Crippen LogP contribution is -1.93. The van der Waals surface area contributed by atoms with Crippen LogP contribution in [0.25, 0.3) is 0 Å². The SMILES string of the molecule is [CH2]c1cc(F)c(Oc2ccccc2)c(F)c1. The van der Waals surface area contributed by atoms with E-state index in [0.717, 1.165) is 12.1 Å². The van der Waals surface area contributed by atoms with Crippen molar-refractivity contribution >= 4 is 0 Å². The van der Waals surface area contributed by atoms with Crippen LogP contribution in [0.4, 0.5) is 8.78 Å². The molecule has 0 heterocycles. The van der Waals surface area contributed by atoms with Crippen LogP contribution < -0.4 is 4.74 Å². The molecule has 0 aliphatic carbocycles. The Balaban J connectivity index is 2.35. The Morgan fingerprint density at radius 2 is 1.50 bits per heavy atom. The van der Waals surface area contributed by atoms with Crippen molar-refractivity contribution < 1.29 is 13.5 Å². The maximum absolute atomic E-state index is 13.4. The average molecular weight is 219 g/mol. The van der Waals surface area contributed by atoms with E-state index in [0.29, 0.717) is 5.75 Å². The molecule has 0 N–H and O–H groups in total. The molecular weight excluding hydrogens is 210 g/mol. The lowest BCUT2D eigenvalue weighted by Gasteiger charge is -2.08. The summed E-state index contributed by atoms with van der Waals surface area (Å²) >= 11 is 0. The molecule has 0 fully saturated rings. The summed E-state index contributed by atoms with van der Waals surface area (Å²) in [5, 5.41) is 0. The zero-order valence-electron chi connectivity index (χ0n) is 8.41. The molecule has 2 aromatic rings. The summed E-state index contributed by atoms with van der Waals surface area (Å²) in [6, 6.07) is 10.7. The van der Waals surface area contributed by atoms with Gasteiger partial charge in [-0.05, 0) is 36.8 Å². The summed E-state index contributed by atoms with van der Waals surface area (Å²) in [5.41, 5.74) is 0.274. The molecule has 16 heavy (non-hydrogen) atoms. The molecule has 2 aromatic carbocycles. The van der Waals surface area contributed by atoms with E-state index in [2.05, 4.69) is 6.92 Å². The second-order valence-corrected chi connectivity index (χ2v) is 3.30. The van der Waals surface area contributed by atoms with E-state index in [9.17, 15) is 8.78 Å². The highest BCUT2D eigenvalue weighted by atomic mass is 19.1. The zero-order valence-corrected chi connectivity index (χ0v) is 8.41. The second-order valence-electron chi connectivity index (χ2n) is 3.30. The summed E-state index contributed by atoms with van der Waals surface area (Å²) in [5.74, 6) is -1.53. The molecule has 0 aliphatic rings. The van der Waals surface area contributed by atoms with Crippen LogP contribution in [0.5, 0.6) is 11.5 Å². The summed E-state index contributed by atoms with van der Waals surface area (Å²) in [6.07, 6.45) is 0. The predicted octanol–water partition coefficient (Wildman–Crippen LogP) is 3.94. The van der Waals surface area contributed by atoms with Gasteiger partial charge >= 0.3 is 0 Å². The first kappa shape index (κ1) is 10.6. The zero-order chi connectivity index (χ0) is 11.5. The van der Waals surface area contributed by atoms with Crippen LogP contribution in [0.3, 0.4) is 0 Å². The highest BCUT2D eigenvalue weighted by molar-refractivity contribution is 5.36. The summed E-state index contributed by atoms with van der Waals surface area (Å²) in [7, 11) is 0. The van der Waals surface area contributed by atoms with Gasteiger partial charge in [-0.2, -0.15) is 0 Å². The minimum atomic E-state index is -0.756. The van der Waals surface area contributed by atoms with Gasteiger partial charge in [0.25, 0.3) is 0 Å². The Bertz CT molecular complexity index is 472. The fourth-order valence-electron chi connectivity index (χ4n) is 1.32. The summed E-state index contributed by atoms with van der Waals surface area (Å²) in [6.45, 7) is 3.45. The lowest BCUT2D eigenvalue weighted by atomic mass is 10.2. The Kier molecular flexibility index (Phi) is 2.86. The standard InChI is InChI=1S/C13H9F2O/c1-9-7-11(14)13(12(15)8-9)16-10-5-3-2-4-6-10/h2-8H,1H2. The van der Waals surface area contributed by atoms with Gasteiger partial charge in [0.2, 0.25) is 0 Å². The monoisotopic (exact) mass is 219 g/mol. The number of benzene rings is 2. The summed E-state index contributed by atoms with van der Waals surface area (Å²) < 4.78 is 31.9. The molecule has 0 atom stereocenters. The molecule has 1 nitrogen and oxygen atoms in total. The normalized spacial score (nSPS) is 10.2. The molecule has 0 spiro atoms. The molecule has 0 aliphatic heterocycles. The number of halogens is 2.